The maximum Gasteiger partial charge on any atom is 0.251 e. The van der Waals surface area contributed by atoms with Gasteiger partial charge in [-0.05, 0) is 45.0 Å². The Morgan fingerprint density at radius 1 is 1.19 bits per heavy atom. The van der Waals surface area contributed by atoms with Crippen molar-refractivity contribution in [2.45, 2.75) is 32.9 Å². The van der Waals surface area contributed by atoms with E-state index in [4.69, 9.17) is 15.2 Å². The monoisotopic (exact) mass is 415 g/mol. The van der Waals surface area contributed by atoms with Gasteiger partial charge in [0.15, 0.2) is 11.5 Å². The van der Waals surface area contributed by atoms with E-state index in [9.17, 15) is 4.79 Å². The van der Waals surface area contributed by atoms with Crippen LogP contribution < -0.4 is 20.5 Å². The Morgan fingerprint density at radius 3 is 2.52 bits per heavy atom. The van der Waals surface area contributed by atoms with Crippen LogP contribution in [0.1, 0.15) is 36.7 Å². The lowest BCUT2D eigenvalue weighted by Crippen LogP contribution is -2.48. The van der Waals surface area contributed by atoms with Crippen molar-refractivity contribution >= 4 is 30.7 Å². The molecule has 1 heterocycles. The van der Waals surface area contributed by atoms with Crippen molar-refractivity contribution in [1.82, 2.24) is 10.3 Å². The topological polar surface area (TPSA) is 86.5 Å². The number of ether oxygens (including phenoxy) is 2. The minimum absolute atomic E-state index is 0. The predicted molar refractivity (Wildman–Crippen MR) is 111 cm³/mol. The third-order valence-electron chi connectivity index (χ3n) is 3.59. The molecule has 2 aromatic rings. The largest absolute Gasteiger partial charge is 0.490 e. The van der Waals surface area contributed by atoms with Crippen molar-refractivity contribution in [2.24, 2.45) is 5.73 Å². The molecule has 0 saturated heterocycles. The van der Waals surface area contributed by atoms with Crippen LogP contribution in [-0.2, 0) is 6.61 Å². The number of hydrogen-bond acceptors (Lipinski definition) is 5. The van der Waals surface area contributed by atoms with E-state index in [1.165, 1.54) is 0 Å². The van der Waals surface area contributed by atoms with E-state index < -0.39 is 5.54 Å². The lowest BCUT2D eigenvalue weighted by Gasteiger charge is -2.24. The van der Waals surface area contributed by atoms with Gasteiger partial charge in [0.1, 0.15) is 6.61 Å². The number of benzene rings is 1. The van der Waals surface area contributed by atoms with Crippen LogP contribution in [0.3, 0.4) is 0 Å². The third kappa shape index (κ3) is 7.62. The zero-order valence-corrected chi connectivity index (χ0v) is 17.4. The summed E-state index contributed by atoms with van der Waals surface area (Å²) >= 11 is 0. The summed E-state index contributed by atoms with van der Waals surface area (Å²) in [5, 5.41) is 2.90. The van der Waals surface area contributed by atoms with Crippen molar-refractivity contribution < 1.29 is 14.3 Å². The van der Waals surface area contributed by atoms with Gasteiger partial charge in [-0.25, -0.2) is 0 Å². The molecule has 8 heteroatoms. The van der Waals surface area contributed by atoms with Gasteiger partial charge in [0, 0.05) is 35.6 Å². The van der Waals surface area contributed by atoms with Gasteiger partial charge >= 0.3 is 0 Å². The molecule has 0 aliphatic carbocycles. The Hall–Kier alpha value is -2.02. The summed E-state index contributed by atoms with van der Waals surface area (Å²) in [5.74, 6) is 0.917. The van der Waals surface area contributed by atoms with E-state index in [0.29, 0.717) is 36.8 Å². The van der Waals surface area contributed by atoms with Crippen LogP contribution in [0.15, 0.2) is 42.7 Å². The summed E-state index contributed by atoms with van der Waals surface area (Å²) in [6, 6.07) is 8.93. The molecule has 0 bridgehead atoms. The summed E-state index contributed by atoms with van der Waals surface area (Å²) in [6.07, 6.45) is 3.46. The molecular formula is C19H27Cl2N3O3. The quantitative estimate of drug-likeness (QED) is 0.689. The van der Waals surface area contributed by atoms with Crippen LogP contribution in [0.4, 0.5) is 0 Å². The first-order chi connectivity index (χ1) is 11.9. The summed E-state index contributed by atoms with van der Waals surface area (Å²) in [4.78, 5) is 16.5. The smallest absolute Gasteiger partial charge is 0.251 e. The maximum atomic E-state index is 12.4. The highest BCUT2D eigenvalue weighted by Gasteiger charge is 2.20. The van der Waals surface area contributed by atoms with Gasteiger partial charge in [-0.15, -0.1) is 24.8 Å². The van der Waals surface area contributed by atoms with E-state index in [1.807, 2.05) is 32.9 Å². The number of carbonyl (C=O) groups is 1. The molecule has 3 N–H and O–H groups in total. The number of nitrogens with one attached hydrogen (secondary N) is 1. The summed E-state index contributed by atoms with van der Waals surface area (Å²) < 4.78 is 11.4. The van der Waals surface area contributed by atoms with Gasteiger partial charge < -0.3 is 20.5 Å². The second-order valence-electron chi connectivity index (χ2n) is 6.29. The van der Waals surface area contributed by atoms with Gasteiger partial charge in [-0.1, -0.05) is 6.07 Å². The van der Waals surface area contributed by atoms with E-state index >= 15 is 0 Å². The Balaban J connectivity index is 0.00000338. The van der Waals surface area contributed by atoms with Gasteiger partial charge in [-0.3, -0.25) is 9.78 Å². The Bertz CT molecular complexity index is 713. The fourth-order valence-electron chi connectivity index (χ4n) is 2.11. The summed E-state index contributed by atoms with van der Waals surface area (Å²) in [6.45, 7) is 6.83. The number of halogens is 2. The highest BCUT2D eigenvalue weighted by molar-refractivity contribution is 5.95. The minimum atomic E-state index is -0.474. The van der Waals surface area contributed by atoms with E-state index in [2.05, 4.69) is 10.3 Å². The fraction of sp³-hybridized carbons (Fsp3) is 0.368. The molecule has 27 heavy (non-hydrogen) atoms. The number of rotatable bonds is 8. The highest BCUT2D eigenvalue weighted by atomic mass is 35.5. The average molecular weight is 416 g/mol. The van der Waals surface area contributed by atoms with Crippen LogP contribution in [0.5, 0.6) is 11.5 Å². The van der Waals surface area contributed by atoms with E-state index in [-0.39, 0.29) is 30.7 Å². The molecule has 150 valence electrons. The lowest BCUT2D eigenvalue weighted by atomic mass is 10.1. The van der Waals surface area contributed by atoms with Crippen molar-refractivity contribution in [3.05, 3.63) is 53.9 Å². The number of nitrogens with zero attached hydrogens (tertiary/aromatic N) is 1. The Labute approximate surface area is 172 Å². The third-order valence-corrected chi connectivity index (χ3v) is 3.59. The molecule has 2 rings (SSSR count). The second kappa shape index (κ2) is 11.6. The molecule has 0 unspecified atom stereocenters. The normalized spacial score (nSPS) is 10.2. The summed E-state index contributed by atoms with van der Waals surface area (Å²) in [5.41, 5.74) is 6.64. The second-order valence-corrected chi connectivity index (χ2v) is 6.29. The van der Waals surface area contributed by atoms with Crippen molar-refractivity contribution in [3.8, 4) is 11.5 Å². The van der Waals surface area contributed by atoms with Gasteiger partial charge in [-0.2, -0.15) is 0 Å². The first-order valence-corrected chi connectivity index (χ1v) is 8.26. The van der Waals surface area contributed by atoms with Crippen LogP contribution in [0.25, 0.3) is 0 Å². The predicted octanol–water partition coefficient (Wildman–Crippen LogP) is 3.37. The van der Waals surface area contributed by atoms with Gasteiger partial charge in [0.25, 0.3) is 5.91 Å². The number of hydrogen-bond donors (Lipinski definition) is 2. The van der Waals surface area contributed by atoms with Crippen LogP contribution in [0.2, 0.25) is 0 Å². The fourth-order valence-corrected chi connectivity index (χ4v) is 2.11. The molecular weight excluding hydrogens is 389 g/mol. The molecule has 1 amide bonds. The van der Waals surface area contributed by atoms with Gasteiger partial charge in [0.2, 0.25) is 0 Å². The van der Waals surface area contributed by atoms with Crippen LogP contribution in [0, 0.1) is 0 Å². The number of amides is 1. The number of aromatic nitrogens is 1. The zero-order valence-electron chi connectivity index (χ0n) is 15.7. The highest BCUT2D eigenvalue weighted by Crippen LogP contribution is 2.29. The molecule has 0 fully saturated rings. The minimum Gasteiger partial charge on any atom is -0.490 e. The molecule has 6 nitrogen and oxygen atoms in total. The Morgan fingerprint density at radius 2 is 1.93 bits per heavy atom. The number of pyridine rings is 1. The summed E-state index contributed by atoms with van der Waals surface area (Å²) in [7, 11) is 0. The van der Waals surface area contributed by atoms with Crippen LogP contribution >= 0.6 is 24.8 Å². The molecule has 0 aliphatic heterocycles. The SMILES string of the molecule is CCOc1cc(C(=O)NC(C)(C)CN)ccc1OCc1cccnc1.Cl.Cl. The molecule has 0 radical (unpaired) electrons. The molecule has 0 saturated carbocycles. The number of carbonyl (C=O) groups excluding carboxylic acids is 1. The molecule has 1 aromatic heterocycles. The maximum absolute atomic E-state index is 12.4. The van der Waals surface area contributed by atoms with E-state index in [0.717, 1.165) is 5.56 Å². The van der Waals surface area contributed by atoms with Crippen molar-refractivity contribution in [1.29, 1.82) is 0 Å². The standard InChI is InChI=1S/C19H25N3O3.2ClH/c1-4-24-17-10-15(18(23)22-19(2,3)13-20)7-8-16(17)25-12-14-6-5-9-21-11-14;;/h5-11H,4,12-13,20H2,1-3H3,(H,22,23);2*1H. The van der Waals surface area contributed by atoms with E-state index in [1.54, 1.807) is 30.6 Å². The first kappa shape index (κ1) is 25.0. The van der Waals surface area contributed by atoms with Gasteiger partial charge in [0.05, 0.1) is 6.61 Å². The molecule has 0 atom stereocenters. The lowest BCUT2D eigenvalue weighted by molar-refractivity contribution is 0.0915. The number of nitrogens with two attached hydrogens (primary N) is 1. The van der Waals surface area contributed by atoms with Crippen molar-refractivity contribution in [2.75, 3.05) is 13.2 Å². The van der Waals surface area contributed by atoms with Crippen LogP contribution in [-0.4, -0.2) is 29.6 Å². The first-order valence-electron chi connectivity index (χ1n) is 8.26. The Kier molecular flexibility index (Phi) is 10.8. The molecule has 1 aromatic carbocycles. The average Bonchev–Trinajstić information content (AvgIpc) is 2.61. The molecule has 0 spiro atoms. The molecule has 0 aliphatic rings. The van der Waals surface area contributed by atoms with Crippen molar-refractivity contribution in [3.63, 3.8) is 0 Å². The zero-order chi connectivity index (χ0) is 18.3.